The lowest BCUT2D eigenvalue weighted by molar-refractivity contribution is 0.0696. The van der Waals surface area contributed by atoms with Gasteiger partial charge < -0.3 is 10.0 Å². The van der Waals surface area contributed by atoms with E-state index in [1.165, 1.54) is 12.1 Å². The topological polar surface area (TPSA) is 74.7 Å². The Hall–Kier alpha value is -1.56. The molecule has 0 radical (unpaired) electrons. The molecule has 2 rings (SSSR count). The molecule has 0 saturated carbocycles. The van der Waals surface area contributed by atoms with Crippen LogP contribution < -0.4 is 4.90 Å². The highest BCUT2D eigenvalue weighted by Gasteiger charge is 2.24. The standard InChI is InChI=1S/C17H25NO4S/c1-13(2)8-11-23(21,22)16-12-14(17(19)20)6-7-15(16)18-9-4-3-5-10-18/h6-7,12-13H,3-5,8-11H2,1-2H3,(H,19,20). The van der Waals surface area contributed by atoms with Gasteiger partial charge in [-0.15, -0.1) is 0 Å². The zero-order valence-corrected chi connectivity index (χ0v) is 14.6. The lowest BCUT2D eigenvalue weighted by Gasteiger charge is -2.30. The average molecular weight is 339 g/mol. The number of benzene rings is 1. The highest BCUT2D eigenvalue weighted by Crippen LogP contribution is 2.30. The molecular formula is C17H25NO4S. The lowest BCUT2D eigenvalue weighted by Crippen LogP contribution is -2.31. The van der Waals surface area contributed by atoms with Crippen LogP contribution in [0.4, 0.5) is 5.69 Å². The van der Waals surface area contributed by atoms with Gasteiger partial charge in [-0.2, -0.15) is 0 Å². The minimum Gasteiger partial charge on any atom is -0.478 e. The van der Waals surface area contributed by atoms with E-state index in [0.29, 0.717) is 12.1 Å². The van der Waals surface area contributed by atoms with Crippen LogP contribution in [-0.4, -0.2) is 38.3 Å². The van der Waals surface area contributed by atoms with E-state index in [1.807, 2.05) is 13.8 Å². The van der Waals surface area contributed by atoms with Gasteiger partial charge in [0.25, 0.3) is 0 Å². The van der Waals surface area contributed by atoms with Gasteiger partial charge in [-0.05, 0) is 49.8 Å². The first-order valence-corrected chi connectivity index (χ1v) is 9.81. The number of aromatic carboxylic acids is 1. The molecule has 1 N–H and O–H groups in total. The Morgan fingerprint density at radius 3 is 2.43 bits per heavy atom. The summed E-state index contributed by atoms with van der Waals surface area (Å²) in [6.45, 7) is 5.60. The molecule has 0 unspecified atom stereocenters. The number of carbonyl (C=O) groups is 1. The summed E-state index contributed by atoms with van der Waals surface area (Å²) in [5.41, 5.74) is 0.673. The summed E-state index contributed by atoms with van der Waals surface area (Å²) < 4.78 is 25.5. The number of rotatable bonds is 6. The molecule has 0 atom stereocenters. The molecule has 1 fully saturated rings. The van der Waals surface area contributed by atoms with E-state index < -0.39 is 15.8 Å². The van der Waals surface area contributed by atoms with Gasteiger partial charge in [-0.25, -0.2) is 13.2 Å². The summed E-state index contributed by atoms with van der Waals surface area (Å²) in [7, 11) is -3.50. The Bertz CT molecular complexity index is 661. The molecule has 0 amide bonds. The number of hydrogen-bond acceptors (Lipinski definition) is 4. The van der Waals surface area contributed by atoms with Crippen LogP contribution in [0.15, 0.2) is 23.1 Å². The number of nitrogens with zero attached hydrogens (tertiary/aromatic N) is 1. The smallest absolute Gasteiger partial charge is 0.335 e. The van der Waals surface area contributed by atoms with Crippen molar-refractivity contribution in [1.82, 2.24) is 0 Å². The molecule has 0 bridgehead atoms. The van der Waals surface area contributed by atoms with E-state index in [-0.39, 0.29) is 22.1 Å². The first-order valence-electron chi connectivity index (χ1n) is 8.16. The first kappa shape index (κ1) is 17.8. The van der Waals surface area contributed by atoms with Crippen LogP contribution in [0.25, 0.3) is 0 Å². The molecule has 6 heteroatoms. The van der Waals surface area contributed by atoms with E-state index in [4.69, 9.17) is 0 Å². The Labute approximate surface area is 138 Å². The van der Waals surface area contributed by atoms with Gasteiger partial charge in [0.2, 0.25) is 0 Å². The van der Waals surface area contributed by atoms with Crippen molar-refractivity contribution in [3.05, 3.63) is 23.8 Å². The predicted molar refractivity (Wildman–Crippen MR) is 91.0 cm³/mol. The maximum Gasteiger partial charge on any atom is 0.335 e. The molecule has 1 saturated heterocycles. The molecule has 128 valence electrons. The highest BCUT2D eigenvalue weighted by molar-refractivity contribution is 7.91. The number of anilines is 1. The van der Waals surface area contributed by atoms with E-state index in [2.05, 4.69) is 4.90 Å². The van der Waals surface area contributed by atoms with Crippen molar-refractivity contribution < 1.29 is 18.3 Å². The molecule has 0 aromatic heterocycles. The van der Waals surface area contributed by atoms with Crippen LogP contribution in [0.3, 0.4) is 0 Å². The Morgan fingerprint density at radius 1 is 1.22 bits per heavy atom. The number of sulfone groups is 1. The van der Waals surface area contributed by atoms with Crippen LogP contribution >= 0.6 is 0 Å². The second kappa shape index (κ2) is 7.34. The summed E-state index contributed by atoms with van der Waals surface area (Å²) in [5, 5.41) is 9.19. The summed E-state index contributed by atoms with van der Waals surface area (Å²) in [5.74, 6) is -0.768. The molecule has 23 heavy (non-hydrogen) atoms. The van der Waals surface area contributed by atoms with Crippen LogP contribution in [0, 0.1) is 5.92 Å². The van der Waals surface area contributed by atoms with E-state index in [1.54, 1.807) is 6.07 Å². The summed E-state index contributed by atoms with van der Waals surface area (Å²) in [4.78, 5) is 13.5. The Kier molecular flexibility index (Phi) is 5.68. The van der Waals surface area contributed by atoms with Crippen molar-refractivity contribution in [2.45, 2.75) is 44.4 Å². The molecule has 0 aliphatic carbocycles. The van der Waals surface area contributed by atoms with Crippen molar-refractivity contribution in [2.75, 3.05) is 23.7 Å². The van der Waals surface area contributed by atoms with Gasteiger partial charge >= 0.3 is 5.97 Å². The lowest BCUT2D eigenvalue weighted by atomic mass is 10.1. The molecular weight excluding hydrogens is 314 g/mol. The van der Waals surface area contributed by atoms with Gasteiger partial charge in [0, 0.05) is 13.1 Å². The fourth-order valence-electron chi connectivity index (χ4n) is 2.79. The summed E-state index contributed by atoms with van der Waals surface area (Å²) >= 11 is 0. The molecule has 1 aliphatic heterocycles. The molecule has 1 aromatic rings. The molecule has 0 spiro atoms. The normalized spacial score (nSPS) is 15.9. The predicted octanol–water partition coefficient (Wildman–Crippen LogP) is 3.19. The van der Waals surface area contributed by atoms with Crippen molar-refractivity contribution in [3.8, 4) is 0 Å². The van der Waals surface area contributed by atoms with Crippen LogP contribution in [-0.2, 0) is 9.84 Å². The number of carboxylic acid groups (broad SMARTS) is 1. The maximum absolute atomic E-state index is 12.8. The van der Waals surface area contributed by atoms with Gasteiger partial charge in [0.15, 0.2) is 9.84 Å². The fraction of sp³-hybridized carbons (Fsp3) is 0.588. The SMILES string of the molecule is CC(C)CCS(=O)(=O)c1cc(C(=O)O)ccc1N1CCCCC1. The van der Waals surface area contributed by atoms with Crippen molar-refractivity contribution >= 4 is 21.5 Å². The molecule has 1 aromatic carbocycles. The van der Waals surface area contributed by atoms with Crippen molar-refractivity contribution in [1.29, 1.82) is 0 Å². The zero-order valence-electron chi connectivity index (χ0n) is 13.8. The monoisotopic (exact) mass is 339 g/mol. The summed E-state index contributed by atoms with van der Waals surface area (Å²) in [6.07, 6.45) is 3.79. The Balaban J connectivity index is 2.43. The van der Waals surface area contributed by atoms with Gasteiger partial charge in [0.05, 0.1) is 21.9 Å². The number of carboxylic acids is 1. The van der Waals surface area contributed by atoms with E-state index in [9.17, 15) is 18.3 Å². The molecule has 1 aliphatic rings. The van der Waals surface area contributed by atoms with E-state index >= 15 is 0 Å². The maximum atomic E-state index is 12.8. The third-order valence-corrected chi connectivity index (χ3v) is 5.97. The van der Waals surface area contributed by atoms with Crippen molar-refractivity contribution in [2.24, 2.45) is 5.92 Å². The third kappa shape index (κ3) is 4.47. The van der Waals surface area contributed by atoms with Crippen LogP contribution in [0.5, 0.6) is 0 Å². The summed E-state index contributed by atoms with van der Waals surface area (Å²) in [6, 6.07) is 4.46. The van der Waals surface area contributed by atoms with Crippen LogP contribution in [0.2, 0.25) is 0 Å². The number of hydrogen-bond donors (Lipinski definition) is 1. The third-order valence-electron chi connectivity index (χ3n) is 4.20. The largest absolute Gasteiger partial charge is 0.478 e. The first-order chi connectivity index (χ1) is 10.8. The minimum absolute atomic E-state index is 0.0221. The van der Waals surface area contributed by atoms with Gasteiger partial charge in [-0.3, -0.25) is 0 Å². The highest BCUT2D eigenvalue weighted by atomic mass is 32.2. The zero-order chi connectivity index (χ0) is 17.0. The second-order valence-electron chi connectivity index (χ2n) is 6.54. The minimum atomic E-state index is -3.50. The molecule has 1 heterocycles. The Morgan fingerprint density at radius 2 is 1.87 bits per heavy atom. The molecule has 5 nitrogen and oxygen atoms in total. The van der Waals surface area contributed by atoms with E-state index in [0.717, 1.165) is 32.4 Å². The van der Waals surface area contributed by atoms with Crippen LogP contribution in [0.1, 0.15) is 49.9 Å². The second-order valence-corrected chi connectivity index (χ2v) is 8.61. The number of piperidine rings is 1. The van der Waals surface area contributed by atoms with Gasteiger partial charge in [0.1, 0.15) is 0 Å². The quantitative estimate of drug-likeness (QED) is 0.861. The fourth-order valence-corrected chi connectivity index (χ4v) is 4.62. The van der Waals surface area contributed by atoms with Gasteiger partial charge in [-0.1, -0.05) is 13.8 Å². The average Bonchev–Trinajstić information content (AvgIpc) is 2.53. The van der Waals surface area contributed by atoms with Crippen molar-refractivity contribution in [3.63, 3.8) is 0 Å².